The molecule has 3 aromatic carbocycles. The molecular formula is C22H19NO2. The number of ether oxygens (including phenoxy) is 1. The van der Waals surface area contributed by atoms with Crippen molar-refractivity contribution >= 4 is 5.91 Å². The molecule has 1 heterocycles. The number of carbonyl (C=O) groups is 1. The van der Waals surface area contributed by atoms with Crippen molar-refractivity contribution in [2.45, 2.75) is 18.9 Å². The summed E-state index contributed by atoms with van der Waals surface area (Å²) in [5.74, 6) is 0.00362. The summed E-state index contributed by atoms with van der Waals surface area (Å²) in [5, 5.41) is 0. The lowest BCUT2D eigenvalue weighted by atomic mass is 10.1. The first-order chi connectivity index (χ1) is 12.3. The van der Waals surface area contributed by atoms with E-state index < -0.39 is 6.10 Å². The first-order valence-corrected chi connectivity index (χ1v) is 8.43. The molecule has 0 aromatic heterocycles. The Morgan fingerprint density at radius 3 is 1.84 bits per heavy atom. The van der Waals surface area contributed by atoms with E-state index in [1.807, 2.05) is 95.9 Å². The highest BCUT2D eigenvalue weighted by Gasteiger charge is 2.41. The van der Waals surface area contributed by atoms with Gasteiger partial charge in [-0.2, -0.15) is 0 Å². The van der Waals surface area contributed by atoms with Crippen LogP contribution in [0.5, 0.6) is 0 Å². The number of hydrogen-bond acceptors (Lipinski definition) is 2. The predicted octanol–water partition coefficient (Wildman–Crippen LogP) is 4.49. The summed E-state index contributed by atoms with van der Waals surface area (Å²) in [7, 11) is 0. The second-order valence-electron chi connectivity index (χ2n) is 6.14. The van der Waals surface area contributed by atoms with E-state index >= 15 is 0 Å². The van der Waals surface area contributed by atoms with Crippen molar-refractivity contribution in [2.75, 3.05) is 0 Å². The Bertz CT molecular complexity index is 834. The van der Waals surface area contributed by atoms with Gasteiger partial charge in [0.05, 0.1) is 0 Å². The van der Waals surface area contributed by atoms with Gasteiger partial charge >= 0.3 is 0 Å². The summed E-state index contributed by atoms with van der Waals surface area (Å²) in [5.41, 5.74) is 2.98. The zero-order valence-corrected chi connectivity index (χ0v) is 13.8. The van der Waals surface area contributed by atoms with Crippen molar-refractivity contribution in [3.8, 4) is 0 Å². The molecule has 0 radical (unpaired) electrons. The summed E-state index contributed by atoms with van der Waals surface area (Å²) in [4.78, 5) is 14.9. The lowest BCUT2D eigenvalue weighted by molar-refractivity contribution is -0.131. The molecule has 1 aliphatic rings. The molecule has 0 N–H and O–H groups in total. The fourth-order valence-electron chi connectivity index (χ4n) is 3.19. The van der Waals surface area contributed by atoms with Crippen LogP contribution in [0.15, 0.2) is 91.0 Å². The van der Waals surface area contributed by atoms with Crippen LogP contribution in [0.25, 0.3) is 0 Å². The van der Waals surface area contributed by atoms with Crippen molar-refractivity contribution < 1.29 is 9.53 Å². The fraction of sp³-hybridized carbons (Fsp3) is 0.136. The van der Waals surface area contributed by atoms with Crippen LogP contribution >= 0.6 is 0 Å². The Morgan fingerprint density at radius 1 is 0.720 bits per heavy atom. The summed E-state index contributed by atoms with van der Waals surface area (Å²) in [6.07, 6.45) is -0.936. The van der Waals surface area contributed by atoms with Crippen LogP contribution in [0.1, 0.15) is 29.0 Å². The SMILES string of the molecule is O=C1C(c2ccccc2)OC(c2ccccc2)N1Cc1ccccc1. The molecule has 0 saturated carbocycles. The molecule has 2 atom stereocenters. The van der Waals surface area contributed by atoms with Crippen LogP contribution in [-0.2, 0) is 16.1 Å². The molecule has 0 aliphatic carbocycles. The largest absolute Gasteiger partial charge is 0.336 e. The Hall–Kier alpha value is -2.91. The Labute approximate surface area is 147 Å². The normalized spacial score (nSPS) is 20.0. The molecule has 1 amide bonds. The van der Waals surface area contributed by atoms with Crippen molar-refractivity contribution in [1.82, 2.24) is 4.90 Å². The van der Waals surface area contributed by atoms with Crippen molar-refractivity contribution in [2.24, 2.45) is 0 Å². The quantitative estimate of drug-likeness (QED) is 0.706. The van der Waals surface area contributed by atoms with Crippen molar-refractivity contribution in [3.05, 3.63) is 108 Å². The third-order valence-electron chi connectivity index (χ3n) is 4.44. The summed E-state index contributed by atoms with van der Waals surface area (Å²) in [6.45, 7) is 0.530. The third kappa shape index (κ3) is 3.19. The first-order valence-electron chi connectivity index (χ1n) is 8.43. The smallest absolute Gasteiger partial charge is 0.259 e. The maximum Gasteiger partial charge on any atom is 0.259 e. The van der Waals surface area contributed by atoms with E-state index in [4.69, 9.17) is 4.74 Å². The van der Waals surface area contributed by atoms with Gasteiger partial charge in [0.2, 0.25) is 0 Å². The molecule has 0 spiro atoms. The van der Waals surface area contributed by atoms with Gasteiger partial charge in [0.1, 0.15) is 0 Å². The Balaban J connectivity index is 1.68. The molecule has 1 fully saturated rings. The highest BCUT2D eigenvalue weighted by molar-refractivity contribution is 5.84. The standard InChI is InChI=1S/C22H19NO2/c24-21-20(18-12-6-2-7-13-18)25-22(19-14-8-3-9-15-19)23(21)16-17-10-4-1-5-11-17/h1-15,20,22H,16H2. The predicted molar refractivity (Wildman–Crippen MR) is 96.4 cm³/mol. The van der Waals surface area contributed by atoms with E-state index in [1.165, 1.54) is 0 Å². The molecule has 1 saturated heterocycles. The monoisotopic (exact) mass is 329 g/mol. The molecule has 0 bridgehead atoms. The molecule has 3 nitrogen and oxygen atoms in total. The minimum atomic E-state index is -0.560. The van der Waals surface area contributed by atoms with Crippen LogP contribution in [0, 0.1) is 0 Å². The average Bonchev–Trinajstić information content (AvgIpc) is 3.01. The van der Waals surface area contributed by atoms with Gasteiger partial charge in [0, 0.05) is 12.1 Å². The van der Waals surface area contributed by atoms with Gasteiger partial charge in [0.15, 0.2) is 12.3 Å². The highest BCUT2D eigenvalue weighted by Crippen LogP contribution is 2.39. The fourth-order valence-corrected chi connectivity index (χ4v) is 3.19. The van der Waals surface area contributed by atoms with Gasteiger partial charge < -0.3 is 9.64 Å². The minimum absolute atomic E-state index is 0.00362. The molecule has 3 heteroatoms. The number of hydrogen-bond donors (Lipinski definition) is 0. The molecule has 124 valence electrons. The van der Waals surface area contributed by atoms with E-state index in [-0.39, 0.29) is 12.1 Å². The second kappa shape index (κ2) is 6.91. The maximum atomic E-state index is 13.1. The Morgan fingerprint density at radius 2 is 1.24 bits per heavy atom. The summed E-state index contributed by atoms with van der Waals surface area (Å²) in [6, 6.07) is 29.6. The van der Waals surface area contributed by atoms with Gasteiger partial charge in [-0.25, -0.2) is 0 Å². The number of benzene rings is 3. The highest BCUT2D eigenvalue weighted by atomic mass is 16.5. The second-order valence-corrected chi connectivity index (χ2v) is 6.14. The van der Waals surface area contributed by atoms with Crippen LogP contribution in [0.3, 0.4) is 0 Å². The van der Waals surface area contributed by atoms with Gasteiger partial charge in [-0.1, -0.05) is 91.0 Å². The first kappa shape index (κ1) is 15.6. The van der Waals surface area contributed by atoms with Gasteiger partial charge in [0.25, 0.3) is 5.91 Å². The molecule has 1 aliphatic heterocycles. The number of carbonyl (C=O) groups excluding carboxylic acids is 1. The van der Waals surface area contributed by atoms with Crippen molar-refractivity contribution in [1.29, 1.82) is 0 Å². The molecule has 25 heavy (non-hydrogen) atoms. The summed E-state index contributed by atoms with van der Waals surface area (Å²) < 4.78 is 6.21. The minimum Gasteiger partial charge on any atom is -0.336 e. The van der Waals surface area contributed by atoms with E-state index in [0.29, 0.717) is 6.54 Å². The lowest BCUT2D eigenvalue weighted by Gasteiger charge is -2.23. The lowest BCUT2D eigenvalue weighted by Crippen LogP contribution is -2.28. The number of nitrogens with zero attached hydrogens (tertiary/aromatic N) is 1. The average molecular weight is 329 g/mol. The van der Waals surface area contributed by atoms with E-state index in [1.54, 1.807) is 0 Å². The topological polar surface area (TPSA) is 29.5 Å². The van der Waals surface area contributed by atoms with E-state index in [2.05, 4.69) is 0 Å². The maximum absolute atomic E-state index is 13.1. The van der Waals surface area contributed by atoms with E-state index in [9.17, 15) is 4.79 Å². The van der Waals surface area contributed by atoms with Gasteiger partial charge in [-0.05, 0) is 11.1 Å². The third-order valence-corrected chi connectivity index (χ3v) is 4.44. The zero-order chi connectivity index (χ0) is 17.1. The molecular weight excluding hydrogens is 310 g/mol. The number of rotatable bonds is 4. The van der Waals surface area contributed by atoms with E-state index in [0.717, 1.165) is 16.7 Å². The summed E-state index contributed by atoms with van der Waals surface area (Å²) >= 11 is 0. The van der Waals surface area contributed by atoms with Crippen LogP contribution in [-0.4, -0.2) is 10.8 Å². The Kier molecular flexibility index (Phi) is 4.32. The molecule has 2 unspecified atom stereocenters. The van der Waals surface area contributed by atoms with Gasteiger partial charge in [-0.3, -0.25) is 4.79 Å². The number of amides is 1. The van der Waals surface area contributed by atoms with Crippen LogP contribution < -0.4 is 0 Å². The zero-order valence-electron chi connectivity index (χ0n) is 13.8. The molecule has 3 aromatic rings. The van der Waals surface area contributed by atoms with Crippen LogP contribution in [0.4, 0.5) is 0 Å². The van der Waals surface area contributed by atoms with Crippen molar-refractivity contribution in [3.63, 3.8) is 0 Å². The molecule has 4 rings (SSSR count). The van der Waals surface area contributed by atoms with Gasteiger partial charge in [-0.15, -0.1) is 0 Å². The van der Waals surface area contributed by atoms with Crippen LogP contribution in [0.2, 0.25) is 0 Å².